The number of hydrogen-bond donors (Lipinski definition) is 1. The highest BCUT2D eigenvalue weighted by Gasteiger charge is 2.09. The molecular formula is C22H29N. The number of aromatic nitrogens is 1. The maximum atomic E-state index is 3.63. The predicted molar refractivity (Wildman–Crippen MR) is 102 cm³/mol. The molecule has 0 bridgehead atoms. The molecule has 0 aliphatic rings. The average molecular weight is 307 g/mol. The third kappa shape index (κ3) is 3.77. The number of H-pyrrole nitrogens is 1. The van der Waals surface area contributed by atoms with E-state index in [-0.39, 0.29) is 0 Å². The Bertz CT molecular complexity index is 766. The highest BCUT2D eigenvalue weighted by molar-refractivity contribution is 6.08. The first-order valence-electron chi connectivity index (χ1n) is 9.13. The maximum Gasteiger partial charge on any atom is 0.0497 e. The third-order valence-electron chi connectivity index (χ3n) is 5.01. The van der Waals surface area contributed by atoms with E-state index in [0.29, 0.717) is 0 Å². The summed E-state index contributed by atoms with van der Waals surface area (Å²) in [5.41, 5.74) is 4.05. The summed E-state index contributed by atoms with van der Waals surface area (Å²) in [6, 6.07) is 15.4. The Hall–Kier alpha value is -1.76. The number of nitrogens with one attached hydrogen (secondary N) is 1. The number of aryl methyl sites for hydroxylation is 1. The highest BCUT2D eigenvalue weighted by atomic mass is 14.7. The quantitative estimate of drug-likeness (QED) is 0.499. The minimum absolute atomic E-state index is 0.813. The average Bonchev–Trinajstić information content (AvgIpc) is 2.92. The predicted octanol–water partition coefficient (Wildman–Crippen LogP) is 6.72. The van der Waals surface area contributed by atoms with Crippen LogP contribution in [0, 0.1) is 11.8 Å². The summed E-state index contributed by atoms with van der Waals surface area (Å²) in [6.45, 7) is 7.05. The van der Waals surface area contributed by atoms with Crippen molar-refractivity contribution in [1.82, 2.24) is 4.98 Å². The van der Waals surface area contributed by atoms with Gasteiger partial charge in [0.15, 0.2) is 0 Å². The topological polar surface area (TPSA) is 15.8 Å². The van der Waals surface area contributed by atoms with Crippen molar-refractivity contribution in [2.75, 3.05) is 0 Å². The fraction of sp³-hybridized carbons (Fsp3) is 0.455. The van der Waals surface area contributed by atoms with E-state index in [1.165, 1.54) is 59.5 Å². The molecule has 23 heavy (non-hydrogen) atoms. The van der Waals surface area contributed by atoms with E-state index >= 15 is 0 Å². The summed E-state index contributed by atoms with van der Waals surface area (Å²) in [5.74, 6) is 1.65. The van der Waals surface area contributed by atoms with Gasteiger partial charge in [0, 0.05) is 21.8 Å². The van der Waals surface area contributed by atoms with Crippen LogP contribution in [-0.4, -0.2) is 4.98 Å². The summed E-state index contributed by atoms with van der Waals surface area (Å²) in [4.78, 5) is 3.63. The van der Waals surface area contributed by atoms with E-state index in [1.807, 2.05) is 0 Å². The van der Waals surface area contributed by atoms with Crippen LogP contribution < -0.4 is 0 Å². The van der Waals surface area contributed by atoms with Crippen molar-refractivity contribution in [2.24, 2.45) is 11.8 Å². The first kappa shape index (κ1) is 16.1. The van der Waals surface area contributed by atoms with Crippen LogP contribution in [0.4, 0.5) is 0 Å². The lowest BCUT2D eigenvalue weighted by atomic mass is 9.94. The van der Waals surface area contributed by atoms with Crippen molar-refractivity contribution in [3.63, 3.8) is 0 Å². The molecule has 1 heterocycles. The highest BCUT2D eigenvalue weighted by Crippen LogP contribution is 2.29. The third-order valence-corrected chi connectivity index (χ3v) is 5.01. The Morgan fingerprint density at radius 2 is 1.61 bits per heavy atom. The molecule has 1 atom stereocenters. The molecule has 0 saturated carbocycles. The minimum Gasteiger partial charge on any atom is -0.354 e. The van der Waals surface area contributed by atoms with Crippen LogP contribution in [0.25, 0.3) is 21.8 Å². The Kier molecular flexibility index (Phi) is 5.05. The van der Waals surface area contributed by atoms with Crippen LogP contribution in [0.3, 0.4) is 0 Å². The molecule has 2 aromatic carbocycles. The van der Waals surface area contributed by atoms with E-state index in [4.69, 9.17) is 0 Å². The van der Waals surface area contributed by atoms with Gasteiger partial charge >= 0.3 is 0 Å². The molecule has 3 aromatic rings. The molecule has 122 valence electrons. The van der Waals surface area contributed by atoms with E-state index < -0.39 is 0 Å². The zero-order chi connectivity index (χ0) is 16.2. The van der Waals surface area contributed by atoms with Crippen LogP contribution in [-0.2, 0) is 6.42 Å². The summed E-state index contributed by atoms with van der Waals surface area (Å²) < 4.78 is 0. The Labute approximate surface area is 140 Å². The monoisotopic (exact) mass is 307 g/mol. The van der Waals surface area contributed by atoms with Crippen molar-refractivity contribution >= 4 is 21.8 Å². The Morgan fingerprint density at radius 1 is 0.826 bits per heavy atom. The van der Waals surface area contributed by atoms with Gasteiger partial charge in [-0.3, -0.25) is 0 Å². The first-order chi connectivity index (χ1) is 11.1. The molecule has 3 rings (SSSR count). The zero-order valence-corrected chi connectivity index (χ0v) is 14.7. The summed E-state index contributed by atoms with van der Waals surface area (Å²) >= 11 is 0. The Morgan fingerprint density at radius 3 is 2.43 bits per heavy atom. The molecular weight excluding hydrogens is 278 g/mol. The second kappa shape index (κ2) is 7.21. The molecule has 0 spiro atoms. The van der Waals surface area contributed by atoms with Gasteiger partial charge in [-0.2, -0.15) is 0 Å². The molecule has 1 N–H and O–H groups in total. The number of fused-ring (bicyclic) bond motifs is 3. The molecule has 1 heteroatoms. The number of rotatable bonds is 7. The molecule has 0 amide bonds. The van der Waals surface area contributed by atoms with Crippen molar-refractivity contribution in [3.8, 4) is 0 Å². The smallest absolute Gasteiger partial charge is 0.0497 e. The van der Waals surface area contributed by atoms with Gasteiger partial charge in [-0.25, -0.2) is 0 Å². The molecule has 0 saturated heterocycles. The fourth-order valence-corrected chi connectivity index (χ4v) is 3.56. The fourth-order valence-electron chi connectivity index (χ4n) is 3.56. The van der Waals surface area contributed by atoms with Gasteiger partial charge in [-0.15, -0.1) is 0 Å². The number of hydrogen-bond acceptors (Lipinski definition) is 0. The molecule has 1 aromatic heterocycles. The number of aromatic amines is 1. The SMILES string of the molecule is CC(C)CCCC(C)CCc1cccc2c1[nH]c1ccccc12. The second-order valence-corrected chi connectivity index (χ2v) is 7.48. The second-order valence-electron chi connectivity index (χ2n) is 7.48. The normalized spacial score (nSPS) is 13.2. The molecule has 0 aliphatic carbocycles. The van der Waals surface area contributed by atoms with Gasteiger partial charge < -0.3 is 4.98 Å². The van der Waals surface area contributed by atoms with E-state index in [2.05, 4.69) is 68.2 Å². The summed E-state index contributed by atoms with van der Waals surface area (Å²) in [7, 11) is 0. The summed E-state index contributed by atoms with van der Waals surface area (Å²) in [5, 5.41) is 2.71. The van der Waals surface area contributed by atoms with E-state index in [9.17, 15) is 0 Å². The standard InChI is InChI=1S/C22H29N/c1-16(2)8-6-9-17(3)14-15-18-10-7-12-20-19-11-4-5-13-21(19)23-22(18)20/h4-5,7,10-13,16-17,23H,6,8-9,14-15H2,1-3H3. The molecule has 1 nitrogen and oxygen atoms in total. The molecule has 0 aliphatic heterocycles. The number of benzene rings is 2. The van der Waals surface area contributed by atoms with Gasteiger partial charge in [0.05, 0.1) is 0 Å². The Balaban J connectivity index is 1.71. The lowest BCUT2D eigenvalue weighted by Crippen LogP contribution is -1.99. The van der Waals surface area contributed by atoms with Gasteiger partial charge in [-0.05, 0) is 36.3 Å². The largest absolute Gasteiger partial charge is 0.354 e. The van der Waals surface area contributed by atoms with Gasteiger partial charge in [0.25, 0.3) is 0 Å². The summed E-state index contributed by atoms with van der Waals surface area (Å²) in [6.07, 6.45) is 6.55. The van der Waals surface area contributed by atoms with Crippen LogP contribution in [0.2, 0.25) is 0 Å². The lowest BCUT2D eigenvalue weighted by Gasteiger charge is -2.12. The van der Waals surface area contributed by atoms with E-state index in [1.54, 1.807) is 0 Å². The minimum atomic E-state index is 0.813. The lowest BCUT2D eigenvalue weighted by molar-refractivity contribution is 0.437. The molecule has 0 radical (unpaired) electrons. The van der Waals surface area contributed by atoms with Gasteiger partial charge in [0.2, 0.25) is 0 Å². The van der Waals surface area contributed by atoms with Crippen molar-refractivity contribution in [3.05, 3.63) is 48.0 Å². The van der Waals surface area contributed by atoms with E-state index in [0.717, 1.165) is 11.8 Å². The van der Waals surface area contributed by atoms with Crippen molar-refractivity contribution in [1.29, 1.82) is 0 Å². The molecule has 0 fully saturated rings. The van der Waals surface area contributed by atoms with Crippen LogP contribution in [0.5, 0.6) is 0 Å². The van der Waals surface area contributed by atoms with Crippen molar-refractivity contribution in [2.45, 2.75) is 52.9 Å². The molecule has 1 unspecified atom stereocenters. The van der Waals surface area contributed by atoms with Crippen molar-refractivity contribution < 1.29 is 0 Å². The van der Waals surface area contributed by atoms with Crippen LogP contribution in [0.1, 0.15) is 52.0 Å². The van der Waals surface area contributed by atoms with Crippen LogP contribution in [0.15, 0.2) is 42.5 Å². The first-order valence-corrected chi connectivity index (χ1v) is 9.13. The zero-order valence-electron chi connectivity index (χ0n) is 14.7. The van der Waals surface area contributed by atoms with Gasteiger partial charge in [0.1, 0.15) is 0 Å². The van der Waals surface area contributed by atoms with Gasteiger partial charge in [-0.1, -0.05) is 76.4 Å². The number of para-hydroxylation sites is 2. The van der Waals surface area contributed by atoms with Crippen LogP contribution >= 0.6 is 0 Å². The maximum absolute atomic E-state index is 3.63.